The highest BCUT2D eigenvalue weighted by molar-refractivity contribution is 5.82. The molecular formula is C10H14FN5. The smallest absolute Gasteiger partial charge is 0.312 e. The summed E-state index contributed by atoms with van der Waals surface area (Å²) in [5, 5.41) is 3.15. The number of hydrogen-bond acceptors (Lipinski definition) is 4. The van der Waals surface area contributed by atoms with Crippen molar-refractivity contribution in [2.75, 3.05) is 5.32 Å². The van der Waals surface area contributed by atoms with Crippen molar-refractivity contribution < 1.29 is 4.39 Å². The zero-order chi connectivity index (χ0) is 11.7. The predicted molar refractivity (Wildman–Crippen MR) is 59.6 cm³/mol. The van der Waals surface area contributed by atoms with Crippen LogP contribution in [0.25, 0.3) is 11.2 Å². The van der Waals surface area contributed by atoms with E-state index >= 15 is 0 Å². The Hall–Kier alpha value is -1.72. The highest BCUT2D eigenvalue weighted by atomic mass is 19.1. The van der Waals surface area contributed by atoms with Crippen LogP contribution in [0.2, 0.25) is 0 Å². The Labute approximate surface area is 92.5 Å². The molecule has 0 unspecified atom stereocenters. The minimum atomic E-state index is -0.766. The largest absolute Gasteiger partial charge is 0.365 e. The molecule has 5 nitrogen and oxygen atoms in total. The molecule has 1 atom stereocenters. The fourth-order valence-electron chi connectivity index (χ4n) is 1.29. The van der Waals surface area contributed by atoms with Gasteiger partial charge in [0.1, 0.15) is 5.52 Å². The van der Waals surface area contributed by atoms with E-state index in [9.17, 15) is 4.39 Å². The molecule has 0 saturated carbocycles. The monoisotopic (exact) mass is 223 g/mol. The van der Waals surface area contributed by atoms with Crippen LogP contribution in [0.3, 0.4) is 0 Å². The number of nitrogens with one attached hydrogen (secondary N) is 2. The van der Waals surface area contributed by atoms with E-state index < -0.39 is 6.08 Å². The van der Waals surface area contributed by atoms with Gasteiger partial charge in [0.2, 0.25) is 0 Å². The molecule has 0 bridgehead atoms. The number of aromatic amines is 1. The maximum atomic E-state index is 13.1. The first-order chi connectivity index (χ1) is 7.58. The molecule has 2 rings (SSSR count). The third-order valence-electron chi connectivity index (χ3n) is 2.62. The zero-order valence-electron chi connectivity index (χ0n) is 9.45. The van der Waals surface area contributed by atoms with Crippen LogP contribution >= 0.6 is 0 Å². The lowest BCUT2D eigenvalue weighted by atomic mass is 10.1. The lowest BCUT2D eigenvalue weighted by Gasteiger charge is -2.17. The van der Waals surface area contributed by atoms with Crippen molar-refractivity contribution in [2.45, 2.75) is 26.8 Å². The van der Waals surface area contributed by atoms with Gasteiger partial charge in [-0.2, -0.15) is 14.4 Å². The van der Waals surface area contributed by atoms with Crippen LogP contribution in [-0.2, 0) is 0 Å². The quantitative estimate of drug-likeness (QED) is 0.780. The number of anilines is 1. The molecule has 0 aromatic carbocycles. The normalized spacial score (nSPS) is 13.3. The van der Waals surface area contributed by atoms with E-state index in [0.29, 0.717) is 22.9 Å². The molecule has 2 N–H and O–H groups in total. The molecule has 0 radical (unpaired) electrons. The number of halogens is 1. The van der Waals surface area contributed by atoms with Crippen LogP contribution in [0.1, 0.15) is 20.8 Å². The third kappa shape index (κ3) is 1.95. The van der Waals surface area contributed by atoms with E-state index in [-0.39, 0.29) is 6.04 Å². The summed E-state index contributed by atoms with van der Waals surface area (Å²) in [4.78, 5) is 14.1. The first-order valence-electron chi connectivity index (χ1n) is 5.21. The highest BCUT2D eigenvalue weighted by Gasteiger charge is 2.13. The number of aromatic nitrogens is 4. The molecule has 2 aromatic heterocycles. The first kappa shape index (κ1) is 10.8. The second-order valence-electron chi connectivity index (χ2n) is 4.12. The van der Waals surface area contributed by atoms with Crippen LogP contribution < -0.4 is 5.32 Å². The maximum Gasteiger partial charge on any atom is 0.312 e. The fourth-order valence-corrected chi connectivity index (χ4v) is 1.29. The number of hydrogen-bond donors (Lipinski definition) is 2. The van der Waals surface area contributed by atoms with Crippen LogP contribution in [-0.4, -0.2) is 26.0 Å². The fraction of sp³-hybridized carbons (Fsp3) is 0.500. The second-order valence-corrected chi connectivity index (χ2v) is 4.12. The van der Waals surface area contributed by atoms with Gasteiger partial charge in [-0.15, -0.1) is 0 Å². The summed E-state index contributed by atoms with van der Waals surface area (Å²) >= 11 is 0. The predicted octanol–water partition coefficient (Wildman–Crippen LogP) is 1.95. The molecule has 86 valence electrons. The molecule has 0 aliphatic rings. The summed E-state index contributed by atoms with van der Waals surface area (Å²) in [7, 11) is 0. The Morgan fingerprint density at radius 1 is 1.31 bits per heavy atom. The summed E-state index contributed by atoms with van der Waals surface area (Å²) < 4.78 is 13.1. The molecule has 2 heterocycles. The minimum absolute atomic E-state index is 0.195. The number of nitrogens with zero attached hydrogens (tertiary/aromatic N) is 3. The van der Waals surface area contributed by atoms with E-state index in [1.54, 1.807) is 0 Å². The average molecular weight is 223 g/mol. The van der Waals surface area contributed by atoms with Crippen LogP contribution in [0.4, 0.5) is 10.2 Å². The van der Waals surface area contributed by atoms with Gasteiger partial charge in [-0.3, -0.25) is 0 Å². The van der Waals surface area contributed by atoms with E-state index in [2.05, 4.69) is 39.1 Å². The van der Waals surface area contributed by atoms with Gasteiger partial charge in [-0.1, -0.05) is 13.8 Å². The van der Waals surface area contributed by atoms with Gasteiger partial charge < -0.3 is 10.3 Å². The van der Waals surface area contributed by atoms with Crippen molar-refractivity contribution in [1.29, 1.82) is 0 Å². The van der Waals surface area contributed by atoms with Crippen molar-refractivity contribution in [3.05, 3.63) is 12.4 Å². The molecule has 0 saturated heterocycles. The Morgan fingerprint density at radius 3 is 2.75 bits per heavy atom. The van der Waals surface area contributed by atoms with Gasteiger partial charge in [-0.05, 0) is 12.8 Å². The van der Waals surface area contributed by atoms with Crippen LogP contribution in [0.5, 0.6) is 0 Å². The summed E-state index contributed by atoms with van der Waals surface area (Å²) in [6.07, 6.45) is 0.711. The standard InChI is InChI=1S/C10H14FN5/c1-5(2)6(3)14-9-7-8(13-4-12-7)15-10(11)16-9/h4-6H,1-3H3,(H2,12,13,14,15,16)/t6-/m0/s1. The third-order valence-corrected chi connectivity index (χ3v) is 2.62. The minimum Gasteiger partial charge on any atom is -0.365 e. The van der Waals surface area contributed by atoms with Crippen molar-refractivity contribution in [3.8, 4) is 0 Å². The van der Waals surface area contributed by atoms with Gasteiger partial charge in [0.25, 0.3) is 0 Å². The molecule has 2 aromatic rings. The van der Waals surface area contributed by atoms with Crippen molar-refractivity contribution >= 4 is 17.0 Å². The molecule has 0 aliphatic carbocycles. The van der Waals surface area contributed by atoms with Crippen molar-refractivity contribution in [3.63, 3.8) is 0 Å². The van der Waals surface area contributed by atoms with E-state index in [1.165, 1.54) is 6.33 Å². The summed E-state index contributed by atoms with van der Waals surface area (Å²) in [5.74, 6) is 0.886. The number of rotatable bonds is 3. The van der Waals surface area contributed by atoms with Crippen LogP contribution in [0, 0.1) is 12.0 Å². The van der Waals surface area contributed by atoms with E-state index in [0.717, 1.165) is 0 Å². The van der Waals surface area contributed by atoms with Gasteiger partial charge in [0.05, 0.1) is 6.33 Å². The molecule has 0 aliphatic heterocycles. The molecule has 16 heavy (non-hydrogen) atoms. The average Bonchev–Trinajstić information content (AvgIpc) is 2.65. The molecule has 6 heteroatoms. The summed E-state index contributed by atoms with van der Waals surface area (Å²) in [6, 6.07) is 0.195. The van der Waals surface area contributed by atoms with Gasteiger partial charge >= 0.3 is 6.08 Å². The SMILES string of the molecule is CC(C)[C@H](C)Nc1nc(F)nc2nc[nH]c12. The zero-order valence-corrected chi connectivity index (χ0v) is 9.45. The Kier molecular flexibility index (Phi) is 2.72. The Balaban J connectivity index is 2.39. The highest BCUT2D eigenvalue weighted by Crippen LogP contribution is 2.18. The van der Waals surface area contributed by atoms with E-state index in [1.807, 2.05) is 6.92 Å². The summed E-state index contributed by atoms with van der Waals surface area (Å²) in [6.45, 7) is 6.19. The number of fused-ring (bicyclic) bond motifs is 1. The maximum absolute atomic E-state index is 13.1. The lowest BCUT2D eigenvalue weighted by Crippen LogP contribution is -2.22. The Bertz CT molecular complexity index is 493. The lowest BCUT2D eigenvalue weighted by molar-refractivity contribution is 0.535. The number of imidazole rings is 1. The van der Waals surface area contributed by atoms with Gasteiger partial charge in [0, 0.05) is 6.04 Å². The second kappa shape index (κ2) is 4.03. The number of H-pyrrole nitrogens is 1. The van der Waals surface area contributed by atoms with Crippen LogP contribution in [0.15, 0.2) is 6.33 Å². The van der Waals surface area contributed by atoms with E-state index in [4.69, 9.17) is 0 Å². The van der Waals surface area contributed by atoms with Crippen molar-refractivity contribution in [1.82, 2.24) is 19.9 Å². The first-order valence-corrected chi connectivity index (χ1v) is 5.21. The molecule has 0 spiro atoms. The molecule has 0 fully saturated rings. The summed E-state index contributed by atoms with van der Waals surface area (Å²) in [5.41, 5.74) is 0.972. The topological polar surface area (TPSA) is 66.5 Å². The van der Waals surface area contributed by atoms with Crippen molar-refractivity contribution in [2.24, 2.45) is 5.92 Å². The Morgan fingerprint density at radius 2 is 2.06 bits per heavy atom. The van der Waals surface area contributed by atoms with Gasteiger partial charge in [0.15, 0.2) is 11.5 Å². The van der Waals surface area contributed by atoms with Gasteiger partial charge in [-0.25, -0.2) is 4.98 Å². The molecular weight excluding hydrogens is 209 g/mol. The molecule has 0 amide bonds.